The van der Waals surface area contributed by atoms with Gasteiger partial charge in [-0.25, -0.2) is 4.79 Å². The average molecular weight is 190 g/mol. The van der Waals surface area contributed by atoms with E-state index in [2.05, 4.69) is 0 Å². The normalized spacial score (nSPS) is 12.8. The lowest BCUT2D eigenvalue weighted by Gasteiger charge is -2.16. The summed E-state index contributed by atoms with van der Waals surface area (Å²) < 4.78 is 4.90. The molecule has 13 heavy (non-hydrogen) atoms. The molecule has 0 saturated carbocycles. The molecule has 0 rings (SSSR count). The van der Waals surface area contributed by atoms with E-state index in [1.54, 1.807) is 13.8 Å². The lowest BCUT2D eigenvalue weighted by atomic mass is 10.1. The van der Waals surface area contributed by atoms with E-state index in [-0.39, 0.29) is 18.9 Å². The first-order chi connectivity index (χ1) is 5.95. The van der Waals surface area contributed by atoms with Crippen LogP contribution in [0.25, 0.3) is 0 Å². The third-order valence-electron chi connectivity index (χ3n) is 1.46. The highest BCUT2D eigenvalue weighted by molar-refractivity contribution is 5.72. The third-order valence-corrected chi connectivity index (χ3v) is 1.46. The summed E-state index contributed by atoms with van der Waals surface area (Å²) in [5.74, 6) is -2.21. The molecule has 0 amide bonds. The molecule has 0 aliphatic rings. The van der Waals surface area contributed by atoms with Crippen LogP contribution in [0.1, 0.15) is 20.3 Å². The molecule has 1 atom stereocenters. The summed E-state index contributed by atoms with van der Waals surface area (Å²) in [6.45, 7) is 3.35. The summed E-state index contributed by atoms with van der Waals surface area (Å²) in [4.78, 5) is 20.6. The quantitative estimate of drug-likeness (QED) is 0.640. The van der Waals surface area contributed by atoms with Gasteiger partial charge in [-0.15, -0.1) is 0 Å². The highest BCUT2D eigenvalue weighted by Crippen LogP contribution is 2.06. The third kappa shape index (κ3) is 5.19. The Morgan fingerprint density at radius 2 is 1.85 bits per heavy atom. The van der Waals surface area contributed by atoms with Gasteiger partial charge in [-0.3, -0.25) is 4.79 Å². The molecule has 0 aromatic rings. The van der Waals surface area contributed by atoms with Crippen LogP contribution in [0.15, 0.2) is 0 Å². The van der Waals surface area contributed by atoms with Gasteiger partial charge >= 0.3 is 11.9 Å². The van der Waals surface area contributed by atoms with Crippen LogP contribution in [0.4, 0.5) is 0 Å². The standard InChI is InChI=1S/C8H14O5/c1-5(2)7(8(11)12)13-4-3-6(9)10/h5,7H,3-4H2,1-2H3,(H,9,10)(H,11,12). The largest absolute Gasteiger partial charge is 0.481 e. The first kappa shape index (κ1) is 11.9. The Kier molecular flexibility index (Phi) is 5.06. The summed E-state index contributed by atoms with van der Waals surface area (Å²) >= 11 is 0. The van der Waals surface area contributed by atoms with Crippen LogP contribution in [-0.4, -0.2) is 34.9 Å². The predicted molar refractivity (Wildman–Crippen MR) is 44.5 cm³/mol. The van der Waals surface area contributed by atoms with Crippen molar-refractivity contribution < 1.29 is 24.5 Å². The summed E-state index contributed by atoms with van der Waals surface area (Å²) in [5, 5.41) is 16.9. The molecule has 0 spiro atoms. The second-order valence-electron chi connectivity index (χ2n) is 3.02. The van der Waals surface area contributed by atoms with E-state index >= 15 is 0 Å². The van der Waals surface area contributed by atoms with Crippen LogP contribution < -0.4 is 0 Å². The van der Waals surface area contributed by atoms with Gasteiger partial charge in [0, 0.05) is 0 Å². The number of carboxylic acids is 2. The molecular formula is C8H14O5. The van der Waals surface area contributed by atoms with Gasteiger partial charge in [0.2, 0.25) is 0 Å². The van der Waals surface area contributed by atoms with Gasteiger partial charge < -0.3 is 14.9 Å². The number of rotatable bonds is 6. The predicted octanol–water partition coefficient (Wildman–Crippen LogP) is 0.587. The molecule has 0 aliphatic carbocycles. The van der Waals surface area contributed by atoms with Gasteiger partial charge in [0.1, 0.15) is 0 Å². The maximum atomic E-state index is 10.5. The minimum atomic E-state index is -1.06. The Hall–Kier alpha value is -1.10. The number of aliphatic carboxylic acids is 2. The Labute approximate surface area is 76.3 Å². The molecule has 0 aromatic carbocycles. The zero-order chi connectivity index (χ0) is 10.4. The van der Waals surface area contributed by atoms with Crippen LogP contribution in [0.5, 0.6) is 0 Å². The van der Waals surface area contributed by atoms with Crippen molar-refractivity contribution in [3.8, 4) is 0 Å². The first-order valence-corrected chi connectivity index (χ1v) is 4.01. The van der Waals surface area contributed by atoms with E-state index in [9.17, 15) is 9.59 Å². The second-order valence-corrected chi connectivity index (χ2v) is 3.02. The zero-order valence-corrected chi connectivity index (χ0v) is 7.69. The molecule has 0 aliphatic heterocycles. The Bertz CT molecular complexity index is 187. The maximum Gasteiger partial charge on any atom is 0.333 e. The van der Waals surface area contributed by atoms with Crippen molar-refractivity contribution in [2.75, 3.05) is 6.61 Å². The van der Waals surface area contributed by atoms with Crippen LogP contribution in [0.2, 0.25) is 0 Å². The minimum Gasteiger partial charge on any atom is -0.481 e. The number of carboxylic acid groups (broad SMARTS) is 2. The van der Waals surface area contributed by atoms with Crippen LogP contribution in [-0.2, 0) is 14.3 Å². The molecule has 0 radical (unpaired) electrons. The summed E-state index contributed by atoms with van der Waals surface area (Å²) in [6.07, 6.45) is -1.09. The van der Waals surface area contributed by atoms with E-state index in [1.807, 2.05) is 0 Å². The average Bonchev–Trinajstić information content (AvgIpc) is 1.95. The monoisotopic (exact) mass is 190 g/mol. The maximum absolute atomic E-state index is 10.5. The molecule has 76 valence electrons. The van der Waals surface area contributed by atoms with E-state index in [4.69, 9.17) is 14.9 Å². The minimum absolute atomic E-state index is 0.0650. The number of carbonyl (C=O) groups is 2. The van der Waals surface area contributed by atoms with Gasteiger partial charge in [0.15, 0.2) is 6.10 Å². The van der Waals surface area contributed by atoms with Gasteiger partial charge in [0.25, 0.3) is 0 Å². The number of hydrogen-bond donors (Lipinski definition) is 2. The van der Waals surface area contributed by atoms with Crippen molar-refractivity contribution in [1.82, 2.24) is 0 Å². The Morgan fingerprint density at radius 1 is 1.31 bits per heavy atom. The fraction of sp³-hybridized carbons (Fsp3) is 0.750. The summed E-state index contributed by atoms with van der Waals surface area (Å²) in [7, 11) is 0. The van der Waals surface area contributed by atoms with Crippen molar-refractivity contribution in [1.29, 1.82) is 0 Å². The Balaban J connectivity index is 3.84. The number of ether oxygens (including phenoxy) is 1. The second kappa shape index (κ2) is 5.53. The van der Waals surface area contributed by atoms with Gasteiger partial charge in [0.05, 0.1) is 13.0 Å². The van der Waals surface area contributed by atoms with Gasteiger partial charge in [-0.05, 0) is 5.92 Å². The fourth-order valence-electron chi connectivity index (χ4n) is 0.822. The lowest BCUT2D eigenvalue weighted by Crippen LogP contribution is -2.30. The topological polar surface area (TPSA) is 83.8 Å². The van der Waals surface area contributed by atoms with Crippen LogP contribution >= 0.6 is 0 Å². The fourth-order valence-corrected chi connectivity index (χ4v) is 0.822. The molecule has 0 aromatic heterocycles. The van der Waals surface area contributed by atoms with E-state index in [1.165, 1.54) is 0 Å². The van der Waals surface area contributed by atoms with E-state index < -0.39 is 18.0 Å². The van der Waals surface area contributed by atoms with E-state index in [0.717, 1.165) is 0 Å². The summed E-state index contributed by atoms with van der Waals surface area (Å²) in [6, 6.07) is 0. The highest BCUT2D eigenvalue weighted by atomic mass is 16.5. The van der Waals surface area contributed by atoms with Gasteiger partial charge in [-0.2, -0.15) is 0 Å². The SMILES string of the molecule is CC(C)C(OCCC(=O)O)C(=O)O. The summed E-state index contributed by atoms with van der Waals surface area (Å²) in [5.41, 5.74) is 0. The zero-order valence-electron chi connectivity index (χ0n) is 7.69. The van der Waals surface area contributed by atoms with Crippen molar-refractivity contribution >= 4 is 11.9 Å². The molecule has 5 nitrogen and oxygen atoms in total. The van der Waals surface area contributed by atoms with Crippen molar-refractivity contribution in [3.63, 3.8) is 0 Å². The smallest absolute Gasteiger partial charge is 0.333 e. The molecule has 0 fully saturated rings. The molecule has 0 saturated heterocycles. The van der Waals surface area contributed by atoms with Gasteiger partial charge in [-0.1, -0.05) is 13.8 Å². The molecule has 0 heterocycles. The van der Waals surface area contributed by atoms with Crippen LogP contribution in [0.3, 0.4) is 0 Å². The molecular weight excluding hydrogens is 176 g/mol. The molecule has 2 N–H and O–H groups in total. The molecule has 1 unspecified atom stereocenters. The van der Waals surface area contributed by atoms with E-state index in [0.29, 0.717) is 0 Å². The Morgan fingerprint density at radius 3 is 2.15 bits per heavy atom. The van der Waals surface area contributed by atoms with Crippen molar-refractivity contribution in [2.24, 2.45) is 5.92 Å². The van der Waals surface area contributed by atoms with Crippen molar-refractivity contribution in [2.45, 2.75) is 26.4 Å². The highest BCUT2D eigenvalue weighted by Gasteiger charge is 2.21. The van der Waals surface area contributed by atoms with Crippen LogP contribution in [0, 0.1) is 5.92 Å². The lowest BCUT2D eigenvalue weighted by molar-refractivity contribution is -0.155. The van der Waals surface area contributed by atoms with Crippen molar-refractivity contribution in [3.05, 3.63) is 0 Å². The number of hydrogen-bond acceptors (Lipinski definition) is 3. The molecule has 0 bridgehead atoms. The molecule has 5 heteroatoms. The first-order valence-electron chi connectivity index (χ1n) is 4.01.